The third-order valence-corrected chi connectivity index (χ3v) is 2.86. The molecule has 0 saturated heterocycles. The van der Waals surface area contributed by atoms with Crippen molar-refractivity contribution in [3.05, 3.63) is 30.2 Å². The second-order valence-electron chi connectivity index (χ2n) is 3.37. The van der Waals surface area contributed by atoms with Crippen LogP contribution in [0.3, 0.4) is 0 Å². The number of hydrogen-bond acceptors (Lipinski definition) is 6. The molecule has 2 heterocycles. The van der Waals surface area contributed by atoms with Crippen molar-refractivity contribution in [3.8, 4) is 0 Å². The van der Waals surface area contributed by atoms with Crippen LogP contribution in [0.1, 0.15) is 18.6 Å². The lowest BCUT2D eigenvalue weighted by Gasteiger charge is -2.03. The first-order valence-corrected chi connectivity index (χ1v) is 6.57. The topological polar surface area (TPSA) is 63.8 Å². The summed E-state index contributed by atoms with van der Waals surface area (Å²) in [6, 6.07) is 1.90. The van der Waals surface area contributed by atoms with Crippen molar-refractivity contribution >= 4 is 17.6 Å². The van der Waals surface area contributed by atoms with Crippen LogP contribution in [0.4, 0.5) is 5.82 Å². The fraction of sp³-hybridized carbons (Fsp3) is 0.364. The Morgan fingerprint density at radius 1 is 1.35 bits per heavy atom. The fourth-order valence-electron chi connectivity index (χ4n) is 1.31. The van der Waals surface area contributed by atoms with Gasteiger partial charge in [0.1, 0.15) is 22.9 Å². The molecule has 0 unspecified atom stereocenters. The van der Waals surface area contributed by atoms with E-state index in [1.807, 2.05) is 19.2 Å². The van der Waals surface area contributed by atoms with Gasteiger partial charge in [-0.3, -0.25) is 0 Å². The van der Waals surface area contributed by atoms with Gasteiger partial charge in [0.2, 0.25) is 5.89 Å². The summed E-state index contributed by atoms with van der Waals surface area (Å²) in [7, 11) is 0. The lowest BCUT2D eigenvalue weighted by Crippen LogP contribution is -2.02. The number of nitrogens with one attached hydrogen (secondary N) is 1. The maximum atomic E-state index is 5.49. The number of thioether (sulfide) groups is 1. The molecule has 0 aliphatic carbocycles. The second-order valence-corrected chi connectivity index (χ2v) is 4.20. The summed E-state index contributed by atoms with van der Waals surface area (Å²) in [5, 5.41) is 4.09. The van der Waals surface area contributed by atoms with Gasteiger partial charge in [-0.05, 0) is 6.26 Å². The van der Waals surface area contributed by atoms with Crippen LogP contribution in [0, 0.1) is 0 Å². The van der Waals surface area contributed by atoms with E-state index in [-0.39, 0.29) is 0 Å². The average Bonchev–Trinajstić information content (AvgIpc) is 2.84. The Hall–Kier alpha value is -1.56. The highest BCUT2D eigenvalue weighted by atomic mass is 32.2. The van der Waals surface area contributed by atoms with E-state index in [0.29, 0.717) is 12.4 Å². The Morgan fingerprint density at radius 2 is 2.24 bits per heavy atom. The lowest BCUT2D eigenvalue weighted by molar-refractivity contribution is 0.465. The molecule has 2 rings (SSSR count). The highest BCUT2D eigenvalue weighted by Crippen LogP contribution is 2.14. The Labute approximate surface area is 104 Å². The summed E-state index contributed by atoms with van der Waals surface area (Å²) in [5.74, 6) is 2.35. The summed E-state index contributed by atoms with van der Waals surface area (Å²) in [5.41, 5.74) is 0. The van der Waals surface area contributed by atoms with E-state index in [2.05, 4.69) is 20.3 Å². The molecule has 0 radical (unpaired) electrons. The molecule has 0 amide bonds. The third-order valence-electron chi connectivity index (χ3n) is 2.22. The largest absolute Gasteiger partial charge is 0.444 e. The standard InChI is InChI=1S/C11H14N4OS/c1-3-8-5-13-10(16-8)6-12-9-4-11(17-2)15-7-14-9/h4-5,7H,3,6H2,1-2H3,(H,12,14,15). The minimum atomic E-state index is 0.533. The van der Waals surface area contributed by atoms with E-state index in [9.17, 15) is 0 Å². The summed E-state index contributed by atoms with van der Waals surface area (Å²) >= 11 is 1.58. The first kappa shape index (κ1) is 11.9. The van der Waals surface area contributed by atoms with E-state index in [0.717, 1.165) is 23.0 Å². The van der Waals surface area contributed by atoms with Crippen LogP contribution in [0.25, 0.3) is 0 Å². The molecule has 90 valence electrons. The van der Waals surface area contributed by atoms with Crippen LogP contribution in [-0.2, 0) is 13.0 Å². The molecule has 0 spiro atoms. The smallest absolute Gasteiger partial charge is 0.213 e. The predicted octanol–water partition coefficient (Wildman–Crippen LogP) is 2.36. The van der Waals surface area contributed by atoms with Crippen molar-refractivity contribution in [2.75, 3.05) is 11.6 Å². The molecule has 2 aromatic heterocycles. The molecule has 0 aliphatic heterocycles. The highest BCUT2D eigenvalue weighted by molar-refractivity contribution is 7.98. The monoisotopic (exact) mass is 250 g/mol. The minimum Gasteiger partial charge on any atom is -0.444 e. The van der Waals surface area contributed by atoms with Gasteiger partial charge < -0.3 is 9.73 Å². The summed E-state index contributed by atoms with van der Waals surface area (Å²) in [6.07, 6.45) is 6.14. The van der Waals surface area contributed by atoms with Gasteiger partial charge in [0.05, 0.1) is 12.7 Å². The van der Waals surface area contributed by atoms with Crippen LogP contribution < -0.4 is 5.32 Å². The molecule has 5 nitrogen and oxygen atoms in total. The van der Waals surface area contributed by atoms with Crippen molar-refractivity contribution in [3.63, 3.8) is 0 Å². The maximum absolute atomic E-state index is 5.49. The molecule has 17 heavy (non-hydrogen) atoms. The number of aryl methyl sites for hydroxylation is 1. The zero-order valence-electron chi connectivity index (χ0n) is 9.80. The molecule has 2 aromatic rings. The normalized spacial score (nSPS) is 10.5. The van der Waals surface area contributed by atoms with Crippen LogP contribution in [0.2, 0.25) is 0 Å². The van der Waals surface area contributed by atoms with Crippen molar-refractivity contribution < 1.29 is 4.42 Å². The van der Waals surface area contributed by atoms with Crippen molar-refractivity contribution in [1.29, 1.82) is 0 Å². The van der Waals surface area contributed by atoms with Crippen molar-refractivity contribution in [2.45, 2.75) is 24.9 Å². The zero-order chi connectivity index (χ0) is 12.1. The van der Waals surface area contributed by atoms with E-state index in [1.54, 1.807) is 24.3 Å². The summed E-state index contributed by atoms with van der Waals surface area (Å²) in [4.78, 5) is 12.4. The maximum Gasteiger partial charge on any atom is 0.213 e. The Morgan fingerprint density at radius 3 is 2.94 bits per heavy atom. The quantitative estimate of drug-likeness (QED) is 0.649. The average molecular weight is 250 g/mol. The van der Waals surface area contributed by atoms with Crippen molar-refractivity contribution in [1.82, 2.24) is 15.0 Å². The molecule has 0 fully saturated rings. The van der Waals surface area contributed by atoms with Gasteiger partial charge in [0.15, 0.2) is 0 Å². The van der Waals surface area contributed by atoms with Crippen LogP contribution in [-0.4, -0.2) is 21.2 Å². The lowest BCUT2D eigenvalue weighted by atomic mass is 10.4. The van der Waals surface area contributed by atoms with Crippen LogP contribution in [0.15, 0.2) is 28.0 Å². The van der Waals surface area contributed by atoms with Gasteiger partial charge >= 0.3 is 0 Å². The van der Waals surface area contributed by atoms with Gasteiger partial charge in [-0.15, -0.1) is 11.8 Å². The Bertz CT molecular complexity index is 486. The van der Waals surface area contributed by atoms with Crippen LogP contribution >= 0.6 is 11.8 Å². The molecule has 0 atom stereocenters. The summed E-state index contributed by atoms with van der Waals surface area (Å²) in [6.45, 7) is 2.57. The fourth-order valence-corrected chi connectivity index (χ4v) is 1.69. The first-order chi connectivity index (χ1) is 8.31. The molecular weight excluding hydrogens is 236 g/mol. The molecular formula is C11H14N4OS. The van der Waals surface area contributed by atoms with Crippen molar-refractivity contribution in [2.24, 2.45) is 0 Å². The highest BCUT2D eigenvalue weighted by Gasteiger charge is 2.03. The van der Waals surface area contributed by atoms with E-state index in [4.69, 9.17) is 4.42 Å². The van der Waals surface area contributed by atoms with Gasteiger partial charge in [0, 0.05) is 12.5 Å². The van der Waals surface area contributed by atoms with Gasteiger partial charge in [-0.2, -0.15) is 0 Å². The van der Waals surface area contributed by atoms with Gasteiger partial charge in [-0.1, -0.05) is 6.92 Å². The Balaban J connectivity index is 1.96. The number of anilines is 1. The Kier molecular flexibility index (Phi) is 3.98. The number of nitrogens with zero attached hydrogens (tertiary/aromatic N) is 3. The zero-order valence-corrected chi connectivity index (χ0v) is 10.6. The predicted molar refractivity (Wildman–Crippen MR) is 67.0 cm³/mol. The van der Waals surface area contributed by atoms with Gasteiger partial charge in [-0.25, -0.2) is 15.0 Å². The third kappa shape index (κ3) is 3.20. The molecule has 0 aromatic carbocycles. The summed E-state index contributed by atoms with van der Waals surface area (Å²) < 4.78 is 5.49. The molecule has 6 heteroatoms. The number of rotatable bonds is 5. The van der Waals surface area contributed by atoms with Crippen LogP contribution in [0.5, 0.6) is 0 Å². The number of aromatic nitrogens is 3. The SMILES string of the molecule is CCc1cnc(CNc2cc(SC)ncn2)o1. The number of hydrogen-bond donors (Lipinski definition) is 1. The first-order valence-electron chi connectivity index (χ1n) is 5.35. The second kappa shape index (κ2) is 5.67. The molecule has 1 N–H and O–H groups in total. The van der Waals surface area contributed by atoms with E-state index in [1.165, 1.54) is 0 Å². The number of oxazole rings is 1. The molecule has 0 bridgehead atoms. The molecule has 0 saturated carbocycles. The minimum absolute atomic E-state index is 0.533. The van der Waals surface area contributed by atoms with E-state index < -0.39 is 0 Å². The van der Waals surface area contributed by atoms with E-state index >= 15 is 0 Å². The molecule has 0 aliphatic rings. The van der Waals surface area contributed by atoms with Gasteiger partial charge in [0.25, 0.3) is 0 Å².